The Kier molecular flexibility index (Phi) is 5.48. The van der Waals surface area contributed by atoms with Gasteiger partial charge < -0.3 is 19.3 Å². The lowest BCUT2D eigenvalue weighted by molar-refractivity contribution is 0.131. The minimum absolute atomic E-state index is 0.0803. The average molecular weight is 464 g/mol. The number of ether oxygens (including phenoxy) is 2. The van der Waals surface area contributed by atoms with Gasteiger partial charge >= 0.3 is 0 Å². The maximum absolute atomic E-state index is 13.3. The molecule has 1 N–H and O–H groups in total. The molecule has 0 aliphatic carbocycles. The molecule has 4 aromatic rings. The van der Waals surface area contributed by atoms with Gasteiger partial charge in [0.05, 0.1) is 24.9 Å². The summed E-state index contributed by atoms with van der Waals surface area (Å²) >= 11 is 6.12. The van der Waals surface area contributed by atoms with Crippen LogP contribution in [0, 0.1) is 5.82 Å². The van der Waals surface area contributed by atoms with Crippen molar-refractivity contribution < 1.29 is 18.7 Å². The molecule has 33 heavy (non-hydrogen) atoms. The Balaban J connectivity index is 1.56. The Bertz CT molecular complexity index is 1430. The number of rotatable bonds is 6. The minimum atomic E-state index is -0.406. The minimum Gasteiger partial charge on any atom is -0.497 e. The number of oxime groups is 1. The first kappa shape index (κ1) is 21.0. The van der Waals surface area contributed by atoms with Gasteiger partial charge in [-0.25, -0.2) is 9.38 Å². The molecule has 0 saturated carbocycles. The maximum atomic E-state index is 13.3. The molecule has 0 atom stereocenters. The average Bonchev–Trinajstić information content (AvgIpc) is 3.40. The van der Waals surface area contributed by atoms with Crippen molar-refractivity contribution in [1.29, 1.82) is 0 Å². The van der Waals surface area contributed by atoms with Crippen LogP contribution in [-0.4, -0.2) is 30.6 Å². The van der Waals surface area contributed by atoms with Gasteiger partial charge in [-0.2, -0.15) is 0 Å². The number of H-pyrrole nitrogens is 1. The highest BCUT2D eigenvalue weighted by molar-refractivity contribution is 6.58. The van der Waals surface area contributed by atoms with E-state index >= 15 is 0 Å². The SMILES string of the molecule is COc1ccc2c(c1)/C(=N\OCc1ccc(F)cc1Cl)C(c1c[nH]c3ccc(OC)cc13)=N2. The third-order valence-electron chi connectivity index (χ3n) is 5.45. The smallest absolute Gasteiger partial charge is 0.143 e. The number of aliphatic imine (C=N–C) groups is 1. The van der Waals surface area contributed by atoms with Crippen LogP contribution in [0.25, 0.3) is 10.9 Å². The Morgan fingerprint density at radius 1 is 0.970 bits per heavy atom. The van der Waals surface area contributed by atoms with Crippen LogP contribution in [0.3, 0.4) is 0 Å². The summed E-state index contributed by atoms with van der Waals surface area (Å²) in [6.45, 7) is 0.0803. The quantitative estimate of drug-likeness (QED) is 0.355. The fourth-order valence-corrected chi connectivity index (χ4v) is 3.96. The van der Waals surface area contributed by atoms with Gasteiger partial charge in [-0.3, -0.25) is 0 Å². The summed E-state index contributed by atoms with van der Waals surface area (Å²) in [7, 11) is 3.23. The topological polar surface area (TPSA) is 68.2 Å². The number of nitrogens with one attached hydrogen (secondary N) is 1. The third kappa shape index (κ3) is 3.91. The number of hydrogen-bond donors (Lipinski definition) is 1. The summed E-state index contributed by atoms with van der Waals surface area (Å²) in [5.41, 5.74) is 5.19. The molecule has 0 radical (unpaired) electrons. The molecule has 1 aliphatic heterocycles. The first-order chi connectivity index (χ1) is 16.1. The van der Waals surface area contributed by atoms with Crippen molar-refractivity contribution >= 4 is 39.6 Å². The zero-order chi connectivity index (χ0) is 22.9. The van der Waals surface area contributed by atoms with Crippen molar-refractivity contribution in [2.24, 2.45) is 10.1 Å². The lowest BCUT2D eigenvalue weighted by Crippen LogP contribution is -2.13. The van der Waals surface area contributed by atoms with E-state index in [0.717, 1.165) is 33.5 Å². The fraction of sp³-hybridized carbons (Fsp3) is 0.120. The number of methoxy groups -OCH3 is 2. The predicted octanol–water partition coefficient (Wildman–Crippen LogP) is 6.03. The van der Waals surface area contributed by atoms with Gasteiger partial charge in [0, 0.05) is 33.8 Å². The molecule has 3 aromatic carbocycles. The van der Waals surface area contributed by atoms with Gasteiger partial charge in [0.1, 0.15) is 35.3 Å². The van der Waals surface area contributed by atoms with E-state index in [2.05, 4.69) is 10.1 Å². The summed E-state index contributed by atoms with van der Waals surface area (Å²) in [5, 5.41) is 5.64. The number of aromatic nitrogens is 1. The van der Waals surface area contributed by atoms with Crippen LogP contribution >= 0.6 is 11.6 Å². The molecule has 1 aliphatic rings. The van der Waals surface area contributed by atoms with Gasteiger partial charge in [0.25, 0.3) is 0 Å². The van der Waals surface area contributed by atoms with Crippen LogP contribution < -0.4 is 9.47 Å². The molecule has 2 heterocycles. The third-order valence-corrected chi connectivity index (χ3v) is 5.80. The van der Waals surface area contributed by atoms with E-state index in [4.69, 9.17) is 30.9 Å². The van der Waals surface area contributed by atoms with Gasteiger partial charge in [-0.1, -0.05) is 22.8 Å². The standard InChI is InChI=1S/C25H19ClFN3O3/c1-31-16-5-7-22-18(10-16)20(12-28-22)24-25(19-11-17(32-2)6-8-23(19)29-24)30-33-13-14-3-4-15(27)9-21(14)26/h3-12,28H,13H2,1-2H3/b30-25+. The Morgan fingerprint density at radius 3 is 2.55 bits per heavy atom. The highest BCUT2D eigenvalue weighted by Crippen LogP contribution is 2.35. The molecule has 0 spiro atoms. The Labute approximate surface area is 194 Å². The molecule has 0 fully saturated rings. The fourth-order valence-electron chi connectivity index (χ4n) is 3.74. The van der Waals surface area contributed by atoms with E-state index in [1.54, 1.807) is 20.3 Å². The van der Waals surface area contributed by atoms with Gasteiger partial charge in [0.2, 0.25) is 0 Å². The second-order valence-corrected chi connectivity index (χ2v) is 7.81. The van der Waals surface area contributed by atoms with Crippen LogP contribution in [0.15, 0.2) is 70.9 Å². The summed E-state index contributed by atoms with van der Waals surface area (Å²) in [5.74, 6) is 1.01. The molecule has 8 heteroatoms. The number of benzene rings is 3. The summed E-state index contributed by atoms with van der Waals surface area (Å²) < 4.78 is 24.1. The van der Waals surface area contributed by atoms with Crippen molar-refractivity contribution in [1.82, 2.24) is 4.98 Å². The second kappa shape index (κ2) is 8.60. The molecule has 6 nitrogen and oxygen atoms in total. The van der Waals surface area contributed by atoms with Crippen molar-refractivity contribution in [3.05, 3.63) is 88.3 Å². The van der Waals surface area contributed by atoms with Crippen LogP contribution in [0.2, 0.25) is 5.02 Å². The van der Waals surface area contributed by atoms with Crippen molar-refractivity contribution in [3.8, 4) is 11.5 Å². The van der Waals surface area contributed by atoms with Crippen LogP contribution in [0.5, 0.6) is 11.5 Å². The number of fused-ring (bicyclic) bond motifs is 2. The van der Waals surface area contributed by atoms with E-state index < -0.39 is 5.82 Å². The molecule has 0 amide bonds. The molecule has 0 bridgehead atoms. The number of aromatic amines is 1. The number of hydrogen-bond acceptors (Lipinski definition) is 5. The predicted molar refractivity (Wildman–Crippen MR) is 127 cm³/mol. The molecule has 0 saturated heterocycles. The molecule has 0 unspecified atom stereocenters. The van der Waals surface area contributed by atoms with Crippen LogP contribution in [0.1, 0.15) is 16.7 Å². The largest absolute Gasteiger partial charge is 0.497 e. The second-order valence-electron chi connectivity index (χ2n) is 7.41. The Morgan fingerprint density at radius 2 is 1.76 bits per heavy atom. The zero-order valence-corrected chi connectivity index (χ0v) is 18.6. The highest BCUT2D eigenvalue weighted by Gasteiger charge is 2.27. The van der Waals surface area contributed by atoms with E-state index in [0.29, 0.717) is 22.7 Å². The molecular weight excluding hydrogens is 445 g/mol. The van der Waals surface area contributed by atoms with E-state index in [1.165, 1.54) is 12.1 Å². The van der Waals surface area contributed by atoms with E-state index in [-0.39, 0.29) is 11.6 Å². The molecule has 166 valence electrons. The molecule has 5 rings (SSSR count). The van der Waals surface area contributed by atoms with Gasteiger partial charge in [-0.05, 0) is 48.5 Å². The van der Waals surface area contributed by atoms with Crippen molar-refractivity contribution in [2.75, 3.05) is 14.2 Å². The normalized spacial score (nSPS) is 13.8. The van der Waals surface area contributed by atoms with Crippen molar-refractivity contribution in [2.45, 2.75) is 6.61 Å². The summed E-state index contributed by atoms with van der Waals surface area (Å²) in [6, 6.07) is 15.5. The monoisotopic (exact) mass is 463 g/mol. The van der Waals surface area contributed by atoms with Gasteiger partial charge in [0.15, 0.2) is 0 Å². The Hall–Kier alpha value is -3.84. The summed E-state index contributed by atoms with van der Waals surface area (Å²) in [6.07, 6.45) is 1.89. The lowest BCUT2D eigenvalue weighted by atomic mass is 10.0. The van der Waals surface area contributed by atoms with Crippen LogP contribution in [0.4, 0.5) is 10.1 Å². The molecular formula is C25H19ClFN3O3. The summed E-state index contributed by atoms with van der Waals surface area (Å²) in [4.78, 5) is 13.8. The lowest BCUT2D eigenvalue weighted by Gasteiger charge is -2.07. The van der Waals surface area contributed by atoms with E-state index in [9.17, 15) is 4.39 Å². The van der Waals surface area contributed by atoms with Crippen LogP contribution in [-0.2, 0) is 11.4 Å². The maximum Gasteiger partial charge on any atom is 0.143 e. The van der Waals surface area contributed by atoms with Gasteiger partial charge in [-0.15, -0.1) is 0 Å². The number of nitrogens with zero attached hydrogens (tertiary/aromatic N) is 2. The number of halogens is 2. The first-order valence-electron chi connectivity index (χ1n) is 10.1. The first-order valence-corrected chi connectivity index (χ1v) is 10.5. The molecule has 1 aromatic heterocycles. The zero-order valence-electron chi connectivity index (χ0n) is 17.9. The van der Waals surface area contributed by atoms with E-state index in [1.807, 2.05) is 42.6 Å². The highest BCUT2D eigenvalue weighted by atomic mass is 35.5. The van der Waals surface area contributed by atoms with Crippen molar-refractivity contribution in [3.63, 3.8) is 0 Å².